The van der Waals surface area contributed by atoms with Crippen LogP contribution in [0, 0.1) is 6.92 Å². The van der Waals surface area contributed by atoms with Gasteiger partial charge in [-0.2, -0.15) is 0 Å². The van der Waals surface area contributed by atoms with Crippen molar-refractivity contribution in [2.24, 2.45) is 7.05 Å². The lowest BCUT2D eigenvalue weighted by molar-refractivity contribution is -0.113. The maximum atomic E-state index is 12.8. The number of carbonyl (C=O) groups is 1. The van der Waals surface area contributed by atoms with Crippen LogP contribution in [0.4, 0.5) is 5.69 Å². The average Bonchev–Trinajstić information content (AvgIpc) is 3.19. The summed E-state index contributed by atoms with van der Waals surface area (Å²) in [6.45, 7) is 2.00. The van der Waals surface area contributed by atoms with Gasteiger partial charge in [0.05, 0.1) is 11.1 Å². The van der Waals surface area contributed by atoms with E-state index in [-0.39, 0.29) is 17.2 Å². The standard InChI is InChI=1S/C19H19N3O2S2/c1-11-6-8-12(9-7-11)20-15(23)10-25-19-21-17-16(18(24)22(19)2)13-4-3-5-14(13)26-17/h6-9H,3-5,10H2,1-2H3,(H,20,23). The quantitative estimate of drug-likeness (QED) is 0.551. The van der Waals surface area contributed by atoms with Crippen LogP contribution in [0.3, 0.4) is 0 Å². The summed E-state index contributed by atoms with van der Waals surface area (Å²) >= 11 is 2.92. The fourth-order valence-corrected chi connectivity index (χ4v) is 5.27. The molecule has 0 aliphatic heterocycles. The second-order valence-electron chi connectivity index (χ2n) is 6.50. The average molecular weight is 386 g/mol. The van der Waals surface area contributed by atoms with Crippen LogP contribution in [-0.4, -0.2) is 21.2 Å². The maximum Gasteiger partial charge on any atom is 0.262 e. The van der Waals surface area contributed by atoms with Gasteiger partial charge in [-0.3, -0.25) is 14.2 Å². The first-order valence-electron chi connectivity index (χ1n) is 8.53. The van der Waals surface area contributed by atoms with Crippen molar-refractivity contribution >= 4 is 44.9 Å². The molecule has 0 unspecified atom stereocenters. The molecule has 5 nitrogen and oxygen atoms in total. The molecule has 0 saturated carbocycles. The highest BCUT2D eigenvalue weighted by Crippen LogP contribution is 2.35. The maximum absolute atomic E-state index is 12.8. The summed E-state index contributed by atoms with van der Waals surface area (Å²) in [4.78, 5) is 31.7. The number of fused-ring (bicyclic) bond motifs is 3. The van der Waals surface area contributed by atoms with Gasteiger partial charge in [-0.15, -0.1) is 11.3 Å². The van der Waals surface area contributed by atoms with Crippen LogP contribution in [0.2, 0.25) is 0 Å². The van der Waals surface area contributed by atoms with E-state index in [1.165, 1.54) is 22.2 Å². The number of thioether (sulfide) groups is 1. The van der Waals surface area contributed by atoms with Crippen LogP contribution < -0.4 is 10.9 Å². The molecule has 1 aromatic carbocycles. The van der Waals surface area contributed by atoms with E-state index in [2.05, 4.69) is 10.3 Å². The number of amides is 1. The Morgan fingerprint density at radius 1 is 1.31 bits per heavy atom. The lowest BCUT2D eigenvalue weighted by Crippen LogP contribution is -2.21. The molecular weight excluding hydrogens is 366 g/mol. The Morgan fingerprint density at radius 2 is 2.08 bits per heavy atom. The third-order valence-electron chi connectivity index (χ3n) is 4.57. The molecule has 7 heteroatoms. The normalized spacial score (nSPS) is 13.2. The minimum atomic E-state index is -0.109. The van der Waals surface area contributed by atoms with Gasteiger partial charge in [0.2, 0.25) is 5.91 Å². The number of anilines is 1. The third kappa shape index (κ3) is 3.17. The number of aryl methyl sites for hydroxylation is 3. The van der Waals surface area contributed by atoms with Crippen molar-refractivity contribution in [3.63, 3.8) is 0 Å². The summed E-state index contributed by atoms with van der Waals surface area (Å²) < 4.78 is 1.57. The van der Waals surface area contributed by atoms with Crippen molar-refractivity contribution in [2.45, 2.75) is 31.3 Å². The largest absolute Gasteiger partial charge is 0.325 e. The van der Waals surface area contributed by atoms with Crippen LogP contribution >= 0.6 is 23.1 Å². The first-order chi connectivity index (χ1) is 12.5. The van der Waals surface area contributed by atoms with Crippen molar-refractivity contribution in [3.8, 4) is 0 Å². The van der Waals surface area contributed by atoms with Crippen molar-refractivity contribution < 1.29 is 4.79 Å². The van der Waals surface area contributed by atoms with Crippen molar-refractivity contribution in [1.82, 2.24) is 9.55 Å². The molecule has 3 aromatic rings. The molecule has 2 aromatic heterocycles. The summed E-state index contributed by atoms with van der Waals surface area (Å²) in [5.74, 6) is 0.104. The minimum Gasteiger partial charge on any atom is -0.325 e. The number of thiophene rings is 1. The van der Waals surface area contributed by atoms with Gasteiger partial charge >= 0.3 is 0 Å². The molecule has 0 saturated heterocycles. The van der Waals surface area contributed by atoms with Gasteiger partial charge in [0.25, 0.3) is 5.56 Å². The number of benzene rings is 1. The summed E-state index contributed by atoms with van der Waals surface area (Å²) in [6, 6.07) is 7.67. The minimum absolute atomic E-state index is 0.00385. The predicted octanol–water partition coefficient (Wildman–Crippen LogP) is 3.52. The Labute approximate surface area is 159 Å². The summed E-state index contributed by atoms with van der Waals surface area (Å²) in [6.07, 6.45) is 3.13. The molecule has 0 radical (unpaired) electrons. The van der Waals surface area contributed by atoms with E-state index in [4.69, 9.17) is 0 Å². The third-order valence-corrected chi connectivity index (χ3v) is 6.79. The zero-order valence-electron chi connectivity index (χ0n) is 14.7. The number of carbonyl (C=O) groups excluding carboxylic acids is 1. The molecule has 4 rings (SSSR count). The Hall–Kier alpha value is -2.12. The van der Waals surface area contributed by atoms with Crippen LogP contribution in [0.15, 0.2) is 34.2 Å². The molecule has 26 heavy (non-hydrogen) atoms. The van der Waals surface area contributed by atoms with Gasteiger partial charge in [0.15, 0.2) is 5.16 Å². The monoisotopic (exact) mass is 385 g/mol. The highest BCUT2D eigenvalue weighted by Gasteiger charge is 2.22. The van der Waals surface area contributed by atoms with Crippen LogP contribution in [0.1, 0.15) is 22.4 Å². The number of aromatic nitrogens is 2. The summed E-state index contributed by atoms with van der Waals surface area (Å²) in [5.41, 5.74) is 3.10. The SMILES string of the molecule is Cc1ccc(NC(=O)CSc2nc3sc4c(c3c(=O)n2C)CCC4)cc1. The van der Waals surface area contributed by atoms with E-state index in [9.17, 15) is 9.59 Å². The van der Waals surface area contributed by atoms with E-state index < -0.39 is 0 Å². The van der Waals surface area contributed by atoms with Gasteiger partial charge in [-0.25, -0.2) is 4.98 Å². The number of rotatable bonds is 4. The highest BCUT2D eigenvalue weighted by atomic mass is 32.2. The van der Waals surface area contributed by atoms with E-state index in [1.807, 2.05) is 31.2 Å². The van der Waals surface area contributed by atoms with Crippen LogP contribution in [0.25, 0.3) is 10.2 Å². The molecule has 0 bridgehead atoms. The Kier molecular flexibility index (Phi) is 4.58. The summed E-state index contributed by atoms with van der Waals surface area (Å²) in [5, 5.41) is 4.23. The summed E-state index contributed by atoms with van der Waals surface area (Å²) in [7, 11) is 1.73. The van der Waals surface area contributed by atoms with E-state index in [0.717, 1.165) is 40.7 Å². The Morgan fingerprint density at radius 3 is 2.85 bits per heavy atom. The van der Waals surface area contributed by atoms with Crippen molar-refractivity contribution in [2.75, 3.05) is 11.1 Å². The van der Waals surface area contributed by atoms with Gasteiger partial charge in [-0.1, -0.05) is 29.5 Å². The Bertz CT molecular complexity index is 1050. The van der Waals surface area contributed by atoms with Gasteiger partial charge in [0, 0.05) is 17.6 Å². The van der Waals surface area contributed by atoms with Gasteiger partial charge in [0.1, 0.15) is 4.83 Å². The fourth-order valence-electron chi connectivity index (χ4n) is 3.20. The van der Waals surface area contributed by atoms with E-state index in [1.54, 1.807) is 23.0 Å². The van der Waals surface area contributed by atoms with Gasteiger partial charge in [-0.05, 0) is 43.9 Å². The molecule has 0 atom stereocenters. The van der Waals surface area contributed by atoms with E-state index >= 15 is 0 Å². The number of hydrogen-bond acceptors (Lipinski definition) is 5. The Balaban J connectivity index is 1.52. The zero-order chi connectivity index (χ0) is 18.3. The topological polar surface area (TPSA) is 64.0 Å². The molecule has 1 aliphatic carbocycles. The zero-order valence-corrected chi connectivity index (χ0v) is 16.3. The van der Waals surface area contributed by atoms with Crippen LogP contribution in [0.5, 0.6) is 0 Å². The highest BCUT2D eigenvalue weighted by molar-refractivity contribution is 7.99. The molecule has 134 valence electrons. The van der Waals surface area contributed by atoms with Gasteiger partial charge < -0.3 is 5.32 Å². The lowest BCUT2D eigenvalue weighted by Gasteiger charge is -2.08. The molecule has 2 heterocycles. The smallest absolute Gasteiger partial charge is 0.262 e. The second-order valence-corrected chi connectivity index (χ2v) is 8.53. The number of nitrogens with one attached hydrogen (secondary N) is 1. The van der Waals surface area contributed by atoms with Crippen molar-refractivity contribution in [1.29, 1.82) is 0 Å². The fraction of sp³-hybridized carbons (Fsp3) is 0.316. The molecule has 1 aliphatic rings. The lowest BCUT2D eigenvalue weighted by atomic mass is 10.2. The van der Waals surface area contributed by atoms with Crippen LogP contribution in [-0.2, 0) is 24.7 Å². The second kappa shape index (κ2) is 6.89. The molecule has 1 N–H and O–H groups in total. The first kappa shape index (κ1) is 17.3. The molecule has 0 fully saturated rings. The molecule has 0 spiro atoms. The molecule has 1 amide bonds. The number of nitrogens with zero attached hydrogens (tertiary/aromatic N) is 2. The van der Waals surface area contributed by atoms with Crippen molar-refractivity contribution in [3.05, 3.63) is 50.6 Å². The predicted molar refractivity (Wildman–Crippen MR) is 107 cm³/mol. The van der Waals surface area contributed by atoms with E-state index in [0.29, 0.717) is 5.16 Å². The number of hydrogen-bond donors (Lipinski definition) is 1. The first-order valence-corrected chi connectivity index (χ1v) is 10.3. The molecular formula is C19H19N3O2S2.